The first-order valence-electron chi connectivity index (χ1n) is 11.5. The van der Waals surface area contributed by atoms with Crippen LogP contribution in [0.4, 0.5) is 0 Å². The van der Waals surface area contributed by atoms with Crippen molar-refractivity contribution in [1.29, 1.82) is 0 Å². The van der Waals surface area contributed by atoms with Gasteiger partial charge < -0.3 is 9.13 Å². The minimum atomic E-state index is -0.805. The van der Waals surface area contributed by atoms with Crippen molar-refractivity contribution in [3.05, 3.63) is 30.3 Å². The van der Waals surface area contributed by atoms with E-state index in [0.717, 1.165) is 0 Å². The van der Waals surface area contributed by atoms with Gasteiger partial charge >= 0.3 is 0 Å². The predicted molar refractivity (Wildman–Crippen MR) is 124 cm³/mol. The highest BCUT2D eigenvalue weighted by Crippen LogP contribution is 2.09. The van der Waals surface area contributed by atoms with E-state index in [1.807, 2.05) is 0 Å². The molecule has 0 heterocycles. The van der Waals surface area contributed by atoms with Gasteiger partial charge in [-0.1, -0.05) is 108 Å². The standard InChI is InChI=1S/C24H45N2Si/c1-5-7-9-11-13-18-22-25(3)27(24-20-16-15-17-21-24)26(4)23-19-14-12-10-8-6-2/h15-17,20-21H,5-14,18-19,22-23H2,1-4H3. The first-order valence-corrected chi connectivity index (χ1v) is 12.9. The van der Waals surface area contributed by atoms with Gasteiger partial charge in [-0.15, -0.1) is 0 Å². The van der Waals surface area contributed by atoms with Crippen LogP contribution in [0, 0.1) is 0 Å². The van der Waals surface area contributed by atoms with Crippen LogP contribution >= 0.6 is 0 Å². The third-order valence-electron chi connectivity index (χ3n) is 5.45. The molecule has 0 aromatic heterocycles. The van der Waals surface area contributed by atoms with Crippen molar-refractivity contribution in [3.63, 3.8) is 0 Å². The number of benzene rings is 1. The number of nitrogens with zero attached hydrogens (tertiary/aromatic N) is 2. The van der Waals surface area contributed by atoms with Gasteiger partial charge in [-0.2, -0.15) is 0 Å². The molecule has 1 aromatic carbocycles. The van der Waals surface area contributed by atoms with Gasteiger partial charge in [0.2, 0.25) is 0 Å². The Bertz CT molecular complexity index is 415. The second-order valence-corrected chi connectivity index (χ2v) is 10.8. The van der Waals surface area contributed by atoms with Gasteiger partial charge in [0, 0.05) is 0 Å². The maximum atomic E-state index is 2.66. The molecule has 0 saturated heterocycles. The molecular formula is C24H45N2Si. The average molecular weight is 390 g/mol. The van der Waals surface area contributed by atoms with Crippen molar-refractivity contribution < 1.29 is 0 Å². The third-order valence-corrected chi connectivity index (χ3v) is 8.19. The quantitative estimate of drug-likeness (QED) is 0.239. The van der Waals surface area contributed by atoms with E-state index in [1.165, 1.54) is 95.3 Å². The summed E-state index contributed by atoms with van der Waals surface area (Å²) in [6.45, 7) is 7.05. The number of hydrogen-bond donors (Lipinski definition) is 0. The number of hydrogen-bond acceptors (Lipinski definition) is 2. The van der Waals surface area contributed by atoms with Crippen LogP contribution in [0.25, 0.3) is 0 Å². The predicted octanol–water partition coefficient (Wildman–Crippen LogP) is 5.97. The molecule has 0 spiro atoms. The summed E-state index contributed by atoms with van der Waals surface area (Å²) in [6, 6.07) is 11.2. The minimum absolute atomic E-state index is 0.805. The smallest absolute Gasteiger partial charge is 0.266 e. The van der Waals surface area contributed by atoms with Gasteiger partial charge in [-0.05, 0) is 45.2 Å². The van der Waals surface area contributed by atoms with Crippen molar-refractivity contribution in [1.82, 2.24) is 9.13 Å². The van der Waals surface area contributed by atoms with Gasteiger partial charge in [0.25, 0.3) is 9.12 Å². The molecule has 27 heavy (non-hydrogen) atoms. The zero-order valence-electron chi connectivity index (χ0n) is 18.7. The number of rotatable bonds is 17. The fraction of sp³-hybridized carbons (Fsp3) is 0.750. The molecule has 0 saturated carbocycles. The molecule has 2 nitrogen and oxygen atoms in total. The molecule has 0 aliphatic heterocycles. The van der Waals surface area contributed by atoms with E-state index in [1.54, 1.807) is 0 Å². The fourth-order valence-electron chi connectivity index (χ4n) is 3.79. The van der Waals surface area contributed by atoms with Crippen LogP contribution < -0.4 is 5.19 Å². The molecule has 1 radical (unpaired) electrons. The monoisotopic (exact) mass is 389 g/mol. The molecule has 3 heteroatoms. The summed E-state index contributed by atoms with van der Waals surface area (Å²) in [5.41, 5.74) is 0. The molecule has 0 bridgehead atoms. The van der Waals surface area contributed by atoms with E-state index < -0.39 is 9.12 Å². The Balaban J connectivity index is 2.47. The zero-order chi connectivity index (χ0) is 19.7. The molecule has 1 aromatic rings. The van der Waals surface area contributed by atoms with E-state index in [2.05, 4.69) is 67.4 Å². The van der Waals surface area contributed by atoms with Crippen molar-refractivity contribution in [2.24, 2.45) is 0 Å². The maximum Gasteiger partial charge on any atom is 0.266 e. The lowest BCUT2D eigenvalue weighted by molar-refractivity contribution is 0.403. The minimum Gasteiger partial charge on any atom is -0.311 e. The highest BCUT2D eigenvalue weighted by Gasteiger charge is 2.25. The summed E-state index contributed by atoms with van der Waals surface area (Å²) in [6.07, 6.45) is 16.6. The van der Waals surface area contributed by atoms with Gasteiger partial charge in [-0.25, -0.2) is 0 Å². The van der Waals surface area contributed by atoms with Gasteiger partial charge in [0.15, 0.2) is 0 Å². The molecule has 0 aliphatic rings. The number of unbranched alkanes of at least 4 members (excludes halogenated alkanes) is 10. The van der Waals surface area contributed by atoms with E-state index in [0.29, 0.717) is 0 Å². The van der Waals surface area contributed by atoms with Crippen molar-refractivity contribution in [2.75, 3.05) is 27.2 Å². The van der Waals surface area contributed by atoms with Gasteiger partial charge in [0.05, 0.1) is 0 Å². The molecule has 0 aliphatic carbocycles. The Labute approximate surface area is 172 Å². The van der Waals surface area contributed by atoms with Crippen LogP contribution in [0.2, 0.25) is 0 Å². The molecule has 155 valence electrons. The molecule has 0 fully saturated rings. The Morgan fingerprint density at radius 3 is 1.44 bits per heavy atom. The topological polar surface area (TPSA) is 6.48 Å². The normalized spacial score (nSPS) is 11.8. The average Bonchev–Trinajstić information content (AvgIpc) is 2.68. The van der Waals surface area contributed by atoms with Crippen molar-refractivity contribution >= 4 is 14.3 Å². The summed E-state index contributed by atoms with van der Waals surface area (Å²) >= 11 is 0. The fourth-order valence-corrected chi connectivity index (χ4v) is 6.48. The lowest BCUT2D eigenvalue weighted by Gasteiger charge is -2.33. The summed E-state index contributed by atoms with van der Waals surface area (Å²) < 4.78 is 5.33. The lowest BCUT2D eigenvalue weighted by atomic mass is 10.1. The first-order chi connectivity index (χ1) is 13.2. The lowest BCUT2D eigenvalue weighted by Crippen LogP contribution is -2.57. The van der Waals surface area contributed by atoms with Gasteiger partial charge in [-0.3, -0.25) is 0 Å². The molecule has 0 N–H and O–H groups in total. The van der Waals surface area contributed by atoms with E-state index in [-0.39, 0.29) is 0 Å². The summed E-state index contributed by atoms with van der Waals surface area (Å²) in [5.74, 6) is 0. The second-order valence-electron chi connectivity index (χ2n) is 8.07. The van der Waals surface area contributed by atoms with E-state index in [4.69, 9.17) is 0 Å². The van der Waals surface area contributed by atoms with Gasteiger partial charge in [0.1, 0.15) is 0 Å². The SMILES string of the molecule is CCCCCCCCN(C)[Si](c1ccccc1)N(C)CCCCCCCC. The Morgan fingerprint density at radius 1 is 0.593 bits per heavy atom. The third kappa shape index (κ3) is 11.1. The van der Waals surface area contributed by atoms with Crippen molar-refractivity contribution in [2.45, 2.75) is 90.9 Å². The second kappa shape index (κ2) is 16.3. The first kappa shape index (κ1) is 24.4. The largest absolute Gasteiger partial charge is 0.311 e. The van der Waals surface area contributed by atoms with Crippen LogP contribution in [-0.2, 0) is 0 Å². The van der Waals surface area contributed by atoms with Crippen LogP contribution in [0.3, 0.4) is 0 Å². The molecule has 1 rings (SSSR count). The zero-order valence-corrected chi connectivity index (χ0v) is 19.7. The van der Waals surface area contributed by atoms with Crippen LogP contribution in [0.1, 0.15) is 90.9 Å². The van der Waals surface area contributed by atoms with Crippen LogP contribution in [-0.4, -0.2) is 45.4 Å². The summed E-state index contributed by atoms with van der Waals surface area (Å²) in [7, 11) is 3.90. The van der Waals surface area contributed by atoms with E-state index >= 15 is 0 Å². The van der Waals surface area contributed by atoms with Crippen LogP contribution in [0.15, 0.2) is 30.3 Å². The molecule has 0 unspecified atom stereocenters. The highest BCUT2D eigenvalue weighted by atomic mass is 28.3. The Morgan fingerprint density at radius 2 is 1.00 bits per heavy atom. The summed E-state index contributed by atoms with van der Waals surface area (Å²) in [4.78, 5) is 0. The Hall–Kier alpha value is -0.643. The van der Waals surface area contributed by atoms with E-state index in [9.17, 15) is 0 Å². The maximum absolute atomic E-state index is 2.66. The Kier molecular flexibility index (Phi) is 14.7. The molecular weight excluding hydrogens is 344 g/mol. The molecule has 0 atom stereocenters. The summed E-state index contributed by atoms with van der Waals surface area (Å²) in [5, 5.41) is 1.53. The van der Waals surface area contributed by atoms with Crippen molar-refractivity contribution in [3.8, 4) is 0 Å². The highest BCUT2D eigenvalue weighted by molar-refractivity contribution is 6.67. The molecule has 0 amide bonds. The van der Waals surface area contributed by atoms with Crippen LogP contribution in [0.5, 0.6) is 0 Å².